The Bertz CT molecular complexity index is 2690. The van der Waals surface area contributed by atoms with Crippen molar-refractivity contribution in [3.63, 3.8) is 0 Å². The van der Waals surface area contributed by atoms with Crippen molar-refractivity contribution in [3.8, 4) is 0 Å². The van der Waals surface area contributed by atoms with E-state index in [1.165, 1.54) is 11.1 Å². The minimum absolute atomic E-state index is 0.607. The first-order chi connectivity index (χ1) is 32.5. The molecule has 9 aromatic rings. The predicted octanol–water partition coefficient (Wildman–Crippen LogP) is 15.3. The van der Waals surface area contributed by atoms with E-state index < -0.39 is 0 Å². The van der Waals surface area contributed by atoms with Crippen LogP contribution in [0.5, 0.6) is 0 Å². The summed E-state index contributed by atoms with van der Waals surface area (Å²) in [4.78, 5) is 4.53. The zero-order valence-corrected chi connectivity index (χ0v) is 37.3. The molecule has 0 fully saturated rings. The summed E-state index contributed by atoms with van der Waals surface area (Å²) in [6, 6.07) is 84.8. The molecule has 0 spiro atoms. The second kappa shape index (κ2) is 20.8. The maximum absolute atomic E-state index is 5.07. The molecule has 0 radical (unpaired) electrons. The fraction of sp³-hybridized carbons (Fsp3) is 0.0667. The molecular formula is C60H52N6. The standard InChI is InChI=1S/C60H52N6/c1-47-17-15-27-59(41-47)63(61-43-49-33-37-57(38-34-49)65(53-19-7-3-8-20-53)54-21-9-4-10-22-54)45-51-29-31-52(32-30-51)46-64(60-28-16-18-48(2)42-60)62-44-50-35-39-58(40-36-50)66(55-23-11-5-12-24-55)56-25-13-6-14-26-56/h3-44H,45-46H2,1-2H3. The van der Waals surface area contributed by atoms with E-state index in [0.717, 1.165) is 67.8 Å². The first-order valence-corrected chi connectivity index (χ1v) is 22.4. The van der Waals surface area contributed by atoms with Gasteiger partial charge in [-0.2, -0.15) is 10.2 Å². The van der Waals surface area contributed by atoms with Gasteiger partial charge in [-0.15, -0.1) is 0 Å². The molecule has 0 heterocycles. The summed E-state index contributed by atoms with van der Waals surface area (Å²) in [7, 11) is 0. The van der Waals surface area contributed by atoms with Gasteiger partial charge in [0.15, 0.2) is 0 Å². The zero-order chi connectivity index (χ0) is 44.9. The van der Waals surface area contributed by atoms with Gasteiger partial charge in [0.1, 0.15) is 0 Å². The summed E-state index contributed by atoms with van der Waals surface area (Å²) in [6.45, 7) is 5.45. The number of benzene rings is 9. The number of para-hydroxylation sites is 4. The van der Waals surface area contributed by atoms with Crippen molar-refractivity contribution in [3.05, 3.63) is 276 Å². The van der Waals surface area contributed by atoms with Gasteiger partial charge in [0, 0.05) is 34.1 Å². The molecule has 0 saturated carbocycles. The van der Waals surface area contributed by atoms with E-state index in [1.807, 2.05) is 36.7 Å². The van der Waals surface area contributed by atoms with E-state index in [2.05, 4.69) is 252 Å². The summed E-state index contributed by atoms with van der Waals surface area (Å²) in [5.41, 5.74) is 15.4. The third kappa shape index (κ3) is 10.8. The summed E-state index contributed by atoms with van der Waals surface area (Å²) < 4.78 is 0. The first kappa shape index (κ1) is 42.8. The van der Waals surface area contributed by atoms with Crippen molar-refractivity contribution < 1.29 is 0 Å². The summed E-state index contributed by atoms with van der Waals surface area (Å²) in [5, 5.41) is 14.3. The smallest absolute Gasteiger partial charge is 0.0666 e. The fourth-order valence-corrected chi connectivity index (χ4v) is 7.96. The van der Waals surface area contributed by atoms with Gasteiger partial charge in [-0.05, 0) is 144 Å². The van der Waals surface area contributed by atoms with Crippen LogP contribution in [0.25, 0.3) is 0 Å². The Morgan fingerprint density at radius 3 is 0.894 bits per heavy atom. The fourth-order valence-electron chi connectivity index (χ4n) is 7.96. The highest BCUT2D eigenvalue weighted by Gasteiger charge is 2.14. The van der Waals surface area contributed by atoms with Gasteiger partial charge in [-0.25, -0.2) is 0 Å². The van der Waals surface area contributed by atoms with E-state index in [9.17, 15) is 0 Å². The molecule has 0 unspecified atom stereocenters. The molecule has 6 heteroatoms. The van der Waals surface area contributed by atoms with Crippen molar-refractivity contribution >= 4 is 57.9 Å². The van der Waals surface area contributed by atoms with E-state index in [4.69, 9.17) is 10.2 Å². The molecule has 9 aromatic carbocycles. The molecule has 6 nitrogen and oxygen atoms in total. The van der Waals surface area contributed by atoms with Crippen molar-refractivity contribution in [1.82, 2.24) is 0 Å². The maximum Gasteiger partial charge on any atom is 0.0666 e. The summed E-state index contributed by atoms with van der Waals surface area (Å²) in [5.74, 6) is 0. The van der Waals surface area contributed by atoms with E-state index in [0.29, 0.717) is 13.1 Å². The lowest BCUT2D eigenvalue weighted by Crippen LogP contribution is -2.17. The second-order valence-corrected chi connectivity index (χ2v) is 16.3. The third-order valence-corrected chi connectivity index (χ3v) is 11.3. The normalized spacial score (nSPS) is 11.2. The molecule has 322 valence electrons. The highest BCUT2D eigenvalue weighted by molar-refractivity contribution is 5.84. The van der Waals surface area contributed by atoms with Crippen molar-refractivity contribution in [2.24, 2.45) is 10.2 Å². The molecule has 66 heavy (non-hydrogen) atoms. The number of anilines is 8. The molecular weight excluding hydrogens is 805 g/mol. The van der Waals surface area contributed by atoms with Crippen LogP contribution in [0.3, 0.4) is 0 Å². The highest BCUT2D eigenvalue weighted by Crippen LogP contribution is 2.35. The van der Waals surface area contributed by atoms with Gasteiger partial charge >= 0.3 is 0 Å². The maximum atomic E-state index is 5.07. The van der Waals surface area contributed by atoms with Gasteiger partial charge < -0.3 is 9.80 Å². The minimum atomic E-state index is 0.607. The van der Waals surface area contributed by atoms with Crippen LogP contribution in [-0.2, 0) is 13.1 Å². The van der Waals surface area contributed by atoms with Crippen LogP contribution < -0.4 is 19.8 Å². The van der Waals surface area contributed by atoms with Crippen molar-refractivity contribution in [2.75, 3.05) is 19.8 Å². The van der Waals surface area contributed by atoms with Crippen molar-refractivity contribution in [1.29, 1.82) is 0 Å². The largest absolute Gasteiger partial charge is 0.311 e. The lowest BCUT2D eigenvalue weighted by atomic mass is 10.1. The Morgan fingerprint density at radius 2 is 0.591 bits per heavy atom. The molecule has 9 rings (SSSR count). The van der Waals surface area contributed by atoms with E-state index in [1.54, 1.807) is 0 Å². The van der Waals surface area contributed by atoms with E-state index >= 15 is 0 Å². The van der Waals surface area contributed by atoms with Gasteiger partial charge in [0.2, 0.25) is 0 Å². The van der Waals surface area contributed by atoms with Crippen molar-refractivity contribution in [2.45, 2.75) is 26.9 Å². The Hall–Kier alpha value is -8.48. The SMILES string of the molecule is Cc1cccc(N(Cc2ccc(CN(N=Cc3ccc(N(c4ccccc4)c4ccccc4)cc3)c3cccc(C)c3)cc2)N=Cc2ccc(N(c3ccccc3)c3ccccc3)cc2)c1. The number of aryl methyl sites for hydroxylation is 2. The molecule has 0 saturated heterocycles. The Balaban J connectivity index is 0.922. The monoisotopic (exact) mass is 856 g/mol. The topological polar surface area (TPSA) is 37.7 Å². The molecule has 0 bridgehead atoms. The molecule has 0 aromatic heterocycles. The van der Waals surface area contributed by atoms with Crippen LogP contribution in [0.15, 0.2) is 253 Å². The molecule has 0 atom stereocenters. The highest BCUT2D eigenvalue weighted by atomic mass is 15.5. The predicted molar refractivity (Wildman–Crippen MR) is 279 cm³/mol. The van der Waals surface area contributed by atoms with Gasteiger partial charge in [0.05, 0.1) is 36.9 Å². The molecule has 0 aliphatic heterocycles. The Morgan fingerprint density at radius 1 is 0.303 bits per heavy atom. The number of hydrogen-bond donors (Lipinski definition) is 0. The van der Waals surface area contributed by atoms with Crippen LogP contribution in [0.1, 0.15) is 33.4 Å². The Kier molecular flexibility index (Phi) is 13.5. The van der Waals surface area contributed by atoms with Gasteiger partial charge in [0.25, 0.3) is 0 Å². The van der Waals surface area contributed by atoms with Gasteiger partial charge in [-0.1, -0.05) is 146 Å². The first-order valence-electron chi connectivity index (χ1n) is 22.4. The van der Waals surface area contributed by atoms with Crippen LogP contribution >= 0.6 is 0 Å². The molecule has 0 N–H and O–H groups in total. The van der Waals surface area contributed by atoms with Crippen LogP contribution in [0, 0.1) is 13.8 Å². The molecule has 0 amide bonds. The molecule has 0 aliphatic carbocycles. The summed E-state index contributed by atoms with van der Waals surface area (Å²) >= 11 is 0. The quantitative estimate of drug-likeness (QED) is 0.0717. The average Bonchev–Trinajstić information content (AvgIpc) is 3.37. The Labute approximate surface area is 389 Å². The minimum Gasteiger partial charge on any atom is -0.311 e. The average molecular weight is 857 g/mol. The number of hydrogen-bond acceptors (Lipinski definition) is 6. The number of nitrogens with zero attached hydrogens (tertiary/aromatic N) is 6. The zero-order valence-electron chi connectivity index (χ0n) is 37.3. The lowest BCUT2D eigenvalue weighted by Gasteiger charge is -2.25. The summed E-state index contributed by atoms with van der Waals surface area (Å²) in [6.07, 6.45) is 3.90. The van der Waals surface area contributed by atoms with Crippen LogP contribution in [0.2, 0.25) is 0 Å². The van der Waals surface area contributed by atoms with Crippen LogP contribution in [0.4, 0.5) is 45.5 Å². The third-order valence-electron chi connectivity index (χ3n) is 11.3. The lowest BCUT2D eigenvalue weighted by molar-refractivity contribution is 0.845. The number of hydrazone groups is 2. The van der Waals surface area contributed by atoms with Crippen LogP contribution in [-0.4, -0.2) is 12.4 Å². The van der Waals surface area contributed by atoms with E-state index in [-0.39, 0.29) is 0 Å². The molecule has 0 aliphatic rings. The second-order valence-electron chi connectivity index (χ2n) is 16.3. The van der Waals surface area contributed by atoms with Gasteiger partial charge in [-0.3, -0.25) is 10.0 Å². The number of rotatable bonds is 16.